The maximum Gasteiger partial charge on any atom is 0.260 e. The van der Waals surface area contributed by atoms with Crippen molar-refractivity contribution in [2.24, 2.45) is 0 Å². The van der Waals surface area contributed by atoms with Crippen molar-refractivity contribution in [3.8, 4) is 0 Å². The Balaban J connectivity index is 2.14. The second kappa shape index (κ2) is 6.04. The van der Waals surface area contributed by atoms with Gasteiger partial charge in [0.15, 0.2) is 0 Å². The van der Waals surface area contributed by atoms with E-state index in [-0.39, 0.29) is 13.0 Å². The number of alkyl halides is 2. The van der Waals surface area contributed by atoms with Gasteiger partial charge in [-0.1, -0.05) is 36.8 Å². The van der Waals surface area contributed by atoms with Gasteiger partial charge in [-0.05, 0) is 37.0 Å². The van der Waals surface area contributed by atoms with Gasteiger partial charge in [0.2, 0.25) is 0 Å². The van der Waals surface area contributed by atoms with E-state index in [1.807, 2.05) is 17.0 Å². The van der Waals surface area contributed by atoms with Crippen LogP contribution in [0.15, 0.2) is 29.8 Å². The van der Waals surface area contributed by atoms with E-state index >= 15 is 0 Å². The van der Waals surface area contributed by atoms with Crippen LogP contribution in [-0.2, 0) is 0 Å². The van der Waals surface area contributed by atoms with E-state index in [2.05, 4.69) is 26.0 Å². The first-order chi connectivity index (χ1) is 9.43. The molecule has 1 nitrogen and oxygen atoms in total. The average Bonchev–Trinajstić information content (AvgIpc) is 2.40. The lowest BCUT2D eigenvalue weighted by Crippen LogP contribution is -2.40. The van der Waals surface area contributed by atoms with E-state index in [0.29, 0.717) is 6.54 Å². The molecule has 0 bridgehead atoms. The molecule has 1 aromatic carbocycles. The molecule has 0 spiro atoms. The van der Waals surface area contributed by atoms with E-state index in [1.165, 1.54) is 22.3 Å². The van der Waals surface area contributed by atoms with Gasteiger partial charge in [-0.3, -0.25) is 4.90 Å². The highest BCUT2D eigenvalue weighted by Crippen LogP contribution is 2.30. The Morgan fingerprint density at radius 3 is 2.50 bits per heavy atom. The Labute approximate surface area is 120 Å². The third-order valence-corrected chi connectivity index (χ3v) is 4.10. The lowest BCUT2D eigenvalue weighted by Gasteiger charge is -2.32. The lowest BCUT2D eigenvalue weighted by atomic mass is 9.91. The number of benzene rings is 1. The minimum atomic E-state index is -2.57. The maximum absolute atomic E-state index is 13.5. The van der Waals surface area contributed by atoms with E-state index < -0.39 is 5.92 Å². The summed E-state index contributed by atoms with van der Waals surface area (Å²) in [5.41, 5.74) is 5.08. The minimum Gasteiger partial charge on any atom is -0.293 e. The number of hydrogen-bond donors (Lipinski definition) is 0. The van der Waals surface area contributed by atoms with Gasteiger partial charge in [0.1, 0.15) is 0 Å². The number of halogens is 2. The molecule has 0 radical (unpaired) electrons. The summed E-state index contributed by atoms with van der Waals surface area (Å²) < 4.78 is 27.0. The zero-order valence-electron chi connectivity index (χ0n) is 12.5. The van der Waals surface area contributed by atoms with Crippen molar-refractivity contribution in [3.63, 3.8) is 0 Å². The topological polar surface area (TPSA) is 3.24 Å². The van der Waals surface area contributed by atoms with Crippen molar-refractivity contribution in [2.75, 3.05) is 19.6 Å². The Hall–Kier alpha value is -1.22. The van der Waals surface area contributed by atoms with Gasteiger partial charge in [0, 0.05) is 19.5 Å². The summed E-state index contributed by atoms with van der Waals surface area (Å²) in [5, 5.41) is 0. The Kier molecular flexibility index (Phi) is 4.59. The fourth-order valence-corrected chi connectivity index (χ4v) is 2.84. The molecule has 110 valence electrons. The zero-order chi connectivity index (χ0) is 14.8. The highest BCUT2D eigenvalue weighted by molar-refractivity contribution is 5.71. The second-order valence-electron chi connectivity index (χ2n) is 5.74. The summed E-state index contributed by atoms with van der Waals surface area (Å²) in [7, 11) is 0. The third kappa shape index (κ3) is 3.45. The molecule has 0 saturated carbocycles. The van der Waals surface area contributed by atoms with Crippen LogP contribution in [0.3, 0.4) is 0 Å². The Morgan fingerprint density at radius 2 is 1.90 bits per heavy atom. The summed E-state index contributed by atoms with van der Waals surface area (Å²) in [6.45, 7) is 6.97. The first-order valence-electron chi connectivity index (χ1n) is 7.28. The molecule has 2 rings (SSSR count). The molecule has 3 heteroatoms. The summed E-state index contributed by atoms with van der Waals surface area (Å²) >= 11 is 0. The molecule has 1 heterocycles. The van der Waals surface area contributed by atoms with Crippen LogP contribution in [0.4, 0.5) is 8.78 Å². The first-order valence-corrected chi connectivity index (χ1v) is 7.28. The second-order valence-corrected chi connectivity index (χ2v) is 5.74. The maximum atomic E-state index is 13.5. The van der Waals surface area contributed by atoms with Crippen LogP contribution in [0.25, 0.3) is 5.57 Å². The molecule has 0 unspecified atom stereocenters. The highest BCUT2D eigenvalue weighted by atomic mass is 19.3. The smallest absolute Gasteiger partial charge is 0.260 e. The molecule has 1 aliphatic rings. The predicted octanol–water partition coefficient (Wildman–Crippen LogP) is 4.52. The van der Waals surface area contributed by atoms with Crippen molar-refractivity contribution in [3.05, 3.63) is 41.0 Å². The predicted molar refractivity (Wildman–Crippen MR) is 80.1 cm³/mol. The molecule has 20 heavy (non-hydrogen) atoms. The van der Waals surface area contributed by atoms with Crippen LogP contribution in [0.1, 0.15) is 37.8 Å². The number of aryl methyl sites for hydroxylation is 1. The monoisotopic (exact) mass is 279 g/mol. The van der Waals surface area contributed by atoms with Crippen LogP contribution in [0.5, 0.6) is 0 Å². The molecule has 0 N–H and O–H groups in total. The van der Waals surface area contributed by atoms with E-state index in [9.17, 15) is 8.78 Å². The van der Waals surface area contributed by atoms with Gasteiger partial charge in [0.05, 0.1) is 6.54 Å². The number of rotatable bonds is 4. The molecule has 0 atom stereocenters. The highest BCUT2D eigenvalue weighted by Gasteiger charge is 2.31. The number of nitrogens with zero attached hydrogens (tertiary/aromatic N) is 1. The van der Waals surface area contributed by atoms with E-state index in [4.69, 9.17) is 0 Å². The van der Waals surface area contributed by atoms with E-state index in [0.717, 1.165) is 13.0 Å². The normalized spacial score (nSPS) is 17.6. The van der Waals surface area contributed by atoms with Gasteiger partial charge in [-0.25, -0.2) is 8.78 Å². The van der Waals surface area contributed by atoms with Crippen LogP contribution < -0.4 is 0 Å². The summed E-state index contributed by atoms with van der Waals surface area (Å²) in [5.74, 6) is -2.57. The van der Waals surface area contributed by atoms with Crippen molar-refractivity contribution >= 4 is 5.57 Å². The summed E-state index contributed by atoms with van der Waals surface area (Å²) in [6.07, 6.45) is 0.771. The first kappa shape index (κ1) is 15.2. The standard InChI is InChI=1S/C17H23F2N/c1-4-17(18,19)12-20-10-9-16(14(3)11-20)15-8-6-5-7-13(15)2/h5-8H,4,9-12H2,1-3H3. The Morgan fingerprint density at radius 1 is 1.20 bits per heavy atom. The van der Waals surface area contributed by atoms with Crippen LogP contribution in [0, 0.1) is 6.92 Å². The van der Waals surface area contributed by atoms with Crippen molar-refractivity contribution in [1.29, 1.82) is 0 Å². The molecular formula is C17H23F2N. The van der Waals surface area contributed by atoms with Gasteiger partial charge in [0.25, 0.3) is 5.92 Å². The SMILES string of the molecule is CCC(F)(F)CN1CCC(c2ccccc2C)=C(C)C1. The lowest BCUT2D eigenvalue weighted by molar-refractivity contribution is -0.0335. The quantitative estimate of drug-likeness (QED) is 0.783. The van der Waals surface area contributed by atoms with Gasteiger partial charge in [-0.2, -0.15) is 0 Å². The number of hydrogen-bond acceptors (Lipinski definition) is 1. The Bertz CT molecular complexity index is 505. The molecule has 0 aromatic heterocycles. The largest absolute Gasteiger partial charge is 0.293 e. The van der Waals surface area contributed by atoms with Gasteiger partial charge >= 0.3 is 0 Å². The summed E-state index contributed by atoms with van der Waals surface area (Å²) in [6, 6.07) is 8.31. The van der Waals surface area contributed by atoms with Gasteiger partial charge < -0.3 is 0 Å². The average molecular weight is 279 g/mol. The van der Waals surface area contributed by atoms with Crippen molar-refractivity contribution < 1.29 is 8.78 Å². The fraction of sp³-hybridized carbons (Fsp3) is 0.529. The summed E-state index contributed by atoms with van der Waals surface area (Å²) in [4.78, 5) is 1.88. The van der Waals surface area contributed by atoms with Crippen molar-refractivity contribution in [2.45, 2.75) is 39.5 Å². The molecule has 0 aliphatic carbocycles. The van der Waals surface area contributed by atoms with Crippen LogP contribution >= 0.6 is 0 Å². The van der Waals surface area contributed by atoms with Crippen LogP contribution in [0.2, 0.25) is 0 Å². The molecule has 0 saturated heterocycles. The fourth-order valence-electron chi connectivity index (χ4n) is 2.84. The molecule has 0 fully saturated rings. The van der Waals surface area contributed by atoms with E-state index in [1.54, 1.807) is 6.92 Å². The van der Waals surface area contributed by atoms with Crippen LogP contribution in [-0.4, -0.2) is 30.5 Å². The molecule has 1 aliphatic heterocycles. The third-order valence-electron chi connectivity index (χ3n) is 4.10. The van der Waals surface area contributed by atoms with Crippen molar-refractivity contribution in [1.82, 2.24) is 4.90 Å². The molecular weight excluding hydrogens is 256 g/mol. The zero-order valence-corrected chi connectivity index (χ0v) is 12.5. The van der Waals surface area contributed by atoms with Gasteiger partial charge in [-0.15, -0.1) is 0 Å². The molecule has 0 amide bonds. The minimum absolute atomic E-state index is 0.0864. The molecule has 1 aromatic rings.